The Morgan fingerprint density at radius 3 is 2.04 bits per heavy atom. The van der Waals surface area contributed by atoms with Crippen molar-refractivity contribution >= 4 is 77.3 Å². The molecule has 2 aromatic heterocycles. The van der Waals surface area contributed by atoms with Crippen LogP contribution in [-0.2, 0) is 6.42 Å². The van der Waals surface area contributed by atoms with Crippen LogP contribution in [0.1, 0.15) is 16.9 Å². The average molecular weight is 722 g/mol. The van der Waals surface area contributed by atoms with Gasteiger partial charge in [-0.05, 0) is 88.0 Å². The molecule has 10 aromatic rings. The lowest BCUT2D eigenvalue weighted by atomic mass is 9.91. The summed E-state index contributed by atoms with van der Waals surface area (Å²) in [6.07, 6.45) is 6.83. The first-order valence-corrected chi connectivity index (χ1v) is 19.8. The predicted molar refractivity (Wildman–Crippen MR) is 235 cm³/mol. The fourth-order valence-electron chi connectivity index (χ4n) is 8.66. The van der Waals surface area contributed by atoms with Gasteiger partial charge < -0.3 is 9.32 Å². The Labute approximate surface area is 323 Å². The lowest BCUT2D eigenvalue weighted by Gasteiger charge is -2.30. The number of hydrogen-bond acceptors (Lipinski definition) is 3. The Kier molecular flexibility index (Phi) is 7.53. The quantitative estimate of drug-likeness (QED) is 0.170. The molecule has 55 heavy (non-hydrogen) atoms. The smallest absolute Gasteiger partial charge is 0.136 e. The summed E-state index contributed by atoms with van der Waals surface area (Å²) in [5, 5.41) is 6.06. The molecule has 0 N–H and O–H groups in total. The number of nitrogens with zero attached hydrogens (tertiary/aromatic N) is 1. The van der Waals surface area contributed by atoms with Crippen LogP contribution in [0.25, 0.3) is 82.3 Å². The highest BCUT2D eigenvalue weighted by molar-refractivity contribution is 7.20. The third-order valence-electron chi connectivity index (χ3n) is 11.1. The second-order valence-corrected chi connectivity index (χ2v) is 15.4. The van der Waals surface area contributed by atoms with Gasteiger partial charge in [0.05, 0.1) is 16.1 Å². The largest absolute Gasteiger partial charge is 0.456 e. The van der Waals surface area contributed by atoms with Gasteiger partial charge in [-0.3, -0.25) is 0 Å². The molecule has 0 saturated carbocycles. The number of aryl methyl sites for hydroxylation is 1. The van der Waals surface area contributed by atoms with Crippen LogP contribution >= 0.6 is 11.3 Å². The van der Waals surface area contributed by atoms with E-state index >= 15 is 0 Å². The van der Waals surface area contributed by atoms with E-state index in [2.05, 4.69) is 187 Å². The van der Waals surface area contributed by atoms with Crippen LogP contribution in [0.4, 0.5) is 17.1 Å². The van der Waals surface area contributed by atoms with Gasteiger partial charge in [-0.1, -0.05) is 152 Å². The second kappa shape index (κ2) is 13.0. The van der Waals surface area contributed by atoms with Crippen LogP contribution in [0.5, 0.6) is 0 Å². The van der Waals surface area contributed by atoms with Crippen molar-refractivity contribution in [1.82, 2.24) is 0 Å². The molecule has 0 radical (unpaired) electrons. The molecule has 0 atom stereocenters. The summed E-state index contributed by atoms with van der Waals surface area (Å²) in [4.78, 5) is 3.97. The SMILES string of the molecule is C1=Cc2c(sc3c(N(c4ccc(-c5cccc6ccc7oc8ccccc8c7c56)cc4)c4cccc(-c5ccccc5)c4-c4ccccc4)cccc23)CC1. The summed E-state index contributed by atoms with van der Waals surface area (Å²) in [5.41, 5.74) is 13.8. The fraction of sp³-hybridized carbons (Fsp3) is 0.0385. The van der Waals surface area contributed by atoms with E-state index in [1.54, 1.807) is 0 Å². The van der Waals surface area contributed by atoms with Crippen LogP contribution in [0.15, 0.2) is 186 Å². The van der Waals surface area contributed by atoms with Crippen molar-refractivity contribution in [3.8, 4) is 33.4 Å². The minimum absolute atomic E-state index is 0.914. The Hall–Kier alpha value is -6.68. The maximum atomic E-state index is 6.34. The van der Waals surface area contributed by atoms with Crippen molar-refractivity contribution in [2.75, 3.05) is 4.90 Å². The normalized spacial score (nSPS) is 12.5. The summed E-state index contributed by atoms with van der Waals surface area (Å²) in [5.74, 6) is 0. The summed E-state index contributed by atoms with van der Waals surface area (Å²) < 4.78 is 7.66. The summed E-state index contributed by atoms with van der Waals surface area (Å²) >= 11 is 1.95. The molecule has 0 fully saturated rings. The zero-order valence-corrected chi connectivity index (χ0v) is 30.9. The number of benzene rings is 8. The number of para-hydroxylation sites is 1. The molecule has 2 heterocycles. The number of allylic oxidation sites excluding steroid dienone is 1. The van der Waals surface area contributed by atoms with Crippen LogP contribution in [0.3, 0.4) is 0 Å². The first kappa shape index (κ1) is 31.8. The number of rotatable bonds is 6. The second-order valence-electron chi connectivity index (χ2n) is 14.3. The zero-order chi connectivity index (χ0) is 36.3. The van der Waals surface area contributed by atoms with Gasteiger partial charge in [0.15, 0.2) is 0 Å². The van der Waals surface area contributed by atoms with E-state index < -0.39 is 0 Å². The predicted octanol–water partition coefficient (Wildman–Crippen LogP) is 15.4. The number of thiophene rings is 1. The molecule has 260 valence electrons. The first-order chi connectivity index (χ1) is 27.3. The van der Waals surface area contributed by atoms with Gasteiger partial charge in [-0.15, -0.1) is 11.3 Å². The fourth-order valence-corrected chi connectivity index (χ4v) is 9.96. The molecule has 11 rings (SSSR count). The van der Waals surface area contributed by atoms with Crippen molar-refractivity contribution in [3.63, 3.8) is 0 Å². The molecular formula is C52H35NOS. The van der Waals surface area contributed by atoms with Crippen LogP contribution in [-0.4, -0.2) is 0 Å². The first-order valence-electron chi connectivity index (χ1n) is 19.0. The van der Waals surface area contributed by atoms with Crippen LogP contribution in [0.2, 0.25) is 0 Å². The molecule has 3 heteroatoms. The van der Waals surface area contributed by atoms with Crippen molar-refractivity contribution in [2.24, 2.45) is 0 Å². The van der Waals surface area contributed by atoms with Gasteiger partial charge in [-0.2, -0.15) is 0 Å². The number of fused-ring (bicyclic) bond motifs is 8. The minimum atomic E-state index is 0.914. The van der Waals surface area contributed by atoms with Gasteiger partial charge in [0.25, 0.3) is 0 Å². The molecule has 0 saturated heterocycles. The highest BCUT2D eigenvalue weighted by atomic mass is 32.1. The number of hydrogen-bond donors (Lipinski definition) is 0. The molecule has 1 aliphatic rings. The van der Waals surface area contributed by atoms with E-state index in [4.69, 9.17) is 4.42 Å². The molecule has 0 unspecified atom stereocenters. The van der Waals surface area contributed by atoms with E-state index in [1.807, 2.05) is 17.4 Å². The minimum Gasteiger partial charge on any atom is -0.456 e. The summed E-state index contributed by atoms with van der Waals surface area (Å²) in [6, 6.07) is 63.7. The van der Waals surface area contributed by atoms with E-state index in [1.165, 1.54) is 75.8 Å². The van der Waals surface area contributed by atoms with Crippen molar-refractivity contribution in [3.05, 3.63) is 192 Å². The standard InChI is InChI=1S/C52H35NOS/c1-3-14-34(15-4-1)39-22-12-24-44(49(39)36-16-5-2-6-17-36)53(45-25-13-23-42-41-19-8-10-27-48(41)55-52(42)45)38-31-28-35(29-32-38)40-21-11-18-37-30-33-47-51(50(37)40)43-20-7-9-26-46(43)54-47/h1-9,11-26,28-33H,10,27H2. The summed E-state index contributed by atoms with van der Waals surface area (Å²) in [7, 11) is 0. The van der Waals surface area contributed by atoms with E-state index in [0.717, 1.165) is 40.8 Å². The summed E-state index contributed by atoms with van der Waals surface area (Å²) in [6.45, 7) is 0. The molecule has 0 aliphatic heterocycles. The monoisotopic (exact) mass is 721 g/mol. The van der Waals surface area contributed by atoms with Crippen LogP contribution < -0.4 is 4.90 Å². The van der Waals surface area contributed by atoms with Gasteiger partial charge >= 0.3 is 0 Å². The number of furan rings is 1. The topological polar surface area (TPSA) is 16.4 Å². The van der Waals surface area contributed by atoms with Crippen LogP contribution in [0, 0.1) is 0 Å². The van der Waals surface area contributed by atoms with E-state index in [9.17, 15) is 0 Å². The van der Waals surface area contributed by atoms with Crippen molar-refractivity contribution in [1.29, 1.82) is 0 Å². The Bertz CT molecular complexity index is 3080. The molecule has 8 aromatic carbocycles. The third kappa shape index (κ3) is 5.23. The zero-order valence-electron chi connectivity index (χ0n) is 30.1. The van der Waals surface area contributed by atoms with Gasteiger partial charge in [0.2, 0.25) is 0 Å². The lowest BCUT2D eigenvalue weighted by Crippen LogP contribution is -2.12. The Morgan fingerprint density at radius 1 is 0.491 bits per heavy atom. The van der Waals surface area contributed by atoms with Crippen molar-refractivity contribution < 1.29 is 4.42 Å². The molecule has 1 aliphatic carbocycles. The van der Waals surface area contributed by atoms with Gasteiger partial charge in [0.1, 0.15) is 11.2 Å². The maximum absolute atomic E-state index is 6.34. The van der Waals surface area contributed by atoms with E-state index in [-0.39, 0.29) is 0 Å². The molecule has 0 amide bonds. The molecule has 0 spiro atoms. The highest BCUT2D eigenvalue weighted by Gasteiger charge is 2.24. The third-order valence-corrected chi connectivity index (χ3v) is 12.4. The van der Waals surface area contributed by atoms with Gasteiger partial charge in [0, 0.05) is 37.7 Å². The van der Waals surface area contributed by atoms with Gasteiger partial charge in [-0.25, -0.2) is 0 Å². The Morgan fingerprint density at radius 2 is 1.18 bits per heavy atom. The number of anilines is 3. The maximum Gasteiger partial charge on any atom is 0.136 e. The Balaban J connectivity index is 1.15. The van der Waals surface area contributed by atoms with Crippen molar-refractivity contribution in [2.45, 2.75) is 12.8 Å². The van der Waals surface area contributed by atoms with E-state index in [0.29, 0.717) is 0 Å². The average Bonchev–Trinajstić information content (AvgIpc) is 3.84. The molecule has 2 nitrogen and oxygen atoms in total. The lowest BCUT2D eigenvalue weighted by molar-refractivity contribution is 0.669. The molecule has 0 bridgehead atoms. The molecular weight excluding hydrogens is 687 g/mol. The highest BCUT2D eigenvalue weighted by Crippen LogP contribution is 2.50.